The van der Waals surface area contributed by atoms with Crippen LogP contribution in [-0.2, 0) is 17.5 Å². The molecule has 1 atom stereocenters. The number of ether oxygens (including phenoxy) is 3. The van der Waals surface area contributed by atoms with E-state index in [9.17, 15) is 18.0 Å². The van der Waals surface area contributed by atoms with Gasteiger partial charge in [0.25, 0.3) is 5.91 Å². The Hall–Kier alpha value is -3.37. The zero-order chi connectivity index (χ0) is 28.7. The van der Waals surface area contributed by atoms with Gasteiger partial charge >= 0.3 is 6.18 Å². The van der Waals surface area contributed by atoms with E-state index >= 15 is 0 Å². The van der Waals surface area contributed by atoms with Gasteiger partial charge in [-0.05, 0) is 63.1 Å². The Kier molecular flexibility index (Phi) is 9.86. The van der Waals surface area contributed by atoms with Crippen molar-refractivity contribution in [1.82, 2.24) is 15.2 Å². The number of fused-ring (bicyclic) bond motifs is 1. The van der Waals surface area contributed by atoms with E-state index in [1.54, 1.807) is 31.4 Å². The number of benzene rings is 2. The molecule has 0 saturated carbocycles. The van der Waals surface area contributed by atoms with E-state index in [2.05, 4.69) is 29.0 Å². The molecule has 1 fully saturated rings. The summed E-state index contributed by atoms with van der Waals surface area (Å²) in [5.41, 5.74) is 0.209. The Labute approximate surface area is 232 Å². The van der Waals surface area contributed by atoms with Crippen LogP contribution >= 0.6 is 0 Å². The average Bonchev–Trinajstić information content (AvgIpc) is 2.93. The van der Waals surface area contributed by atoms with Gasteiger partial charge in [0.1, 0.15) is 29.3 Å². The monoisotopic (exact) mass is 559 g/mol. The molecule has 0 aliphatic carbocycles. The van der Waals surface area contributed by atoms with Gasteiger partial charge in [0.2, 0.25) is 0 Å². The van der Waals surface area contributed by atoms with Gasteiger partial charge in [0.05, 0.1) is 12.2 Å². The smallest absolute Gasteiger partial charge is 0.416 e. The molecule has 1 aromatic heterocycles. The Morgan fingerprint density at radius 3 is 2.65 bits per heavy atom. The summed E-state index contributed by atoms with van der Waals surface area (Å²) >= 11 is 0. The SMILES string of the molecule is COCCCOc1cc(C(=O)N[C@@H]2CCCN(C(C)C)C2)nc2c(OCc3cccc(C(F)(F)F)c3)cccc12. The number of aromatic nitrogens is 1. The quantitative estimate of drug-likeness (QED) is 0.297. The number of halogens is 3. The maximum absolute atomic E-state index is 13.4. The molecule has 2 aromatic carbocycles. The van der Waals surface area contributed by atoms with E-state index in [4.69, 9.17) is 14.2 Å². The van der Waals surface area contributed by atoms with Crippen LogP contribution < -0.4 is 14.8 Å². The Bertz CT molecular complexity index is 1300. The standard InChI is InChI=1S/C30H36F3N3O4/c1-20(2)36-13-6-10-23(18-36)34-29(37)25-17-27(39-15-7-14-38-3)24-11-5-12-26(28(24)35-25)40-19-21-8-4-9-22(16-21)30(31,32)33/h4-5,8-9,11-12,16-17,20,23H,6-7,10,13-15,18-19H2,1-3H3,(H,34,37)/t23-/m1/s1. The lowest BCUT2D eigenvalue weighted by atomic mass is 10.0. The molecule has 1 amide bonds. The number of hydrogen-bond acceptors (Lipinski definition) is 6. The number of hydrogen-bond donors (Lipinski definition) is 1. The first-order valence-electron chi connectivity index (χ1n) is 13.5. The third kappa shape index (κ3) is 7.63. The number of carbonyl (C=O) groups excluding carboxylic acids is 1. The van der Waals surface area contributed by atoms with Crippen molar-refractivity contribution >= 4 is 16.8 Å². The molecule has 1 aliphatic heterocycles. The molecule has 216 valence electrons. The molecule has 4 rings (SSSR count). The molecule has 2 heterocycles. The van der Waals surface area contributed by atoms with Crippen molar-refractivity contribution in [3.05, 3.63) is 65.4 Å². The van der Waals surface area contributed by atoms with Crippen molar-refractivity contribution in [1.29, 1.82) is 0 Å². The minimum absolute atomic E-state index is 0.000351. The number of nitrogens with one attached hydrogen (secondary N) is 1. The van der Waals surface area contributed by atoms with Crippen LogP contribution in [0.5, 0.6) is 11.5 Å². The first-order chi connectivity index (χ1) is 19.2. The van der Waals surface area contributed by atoms with Gasteiger partial charge in [-0.1, -0.05) is 18.2 Å². The first-order valence-corrected chi connectivity index (χ1v) is 13.5. The van der Waals surface area contributed by atoms with Crippen LogP contribution in [-0.4, -0.2) is 61.3 Å². The van der Waals surface area contributed by atoms with Gasteiger partial charge in [0.15, 0.2) is 0 Å². The van der Waals surface area contributed by atoms with Crippen LogP contribution in [0.1, 0.15) is 54.7 Å². The largest absolute Gasteiger partial charge is 0.493 e. The molecule has 7 nitrogen and oxygen atoms in total. The van der Waals surface area contributed by atoms with Crippen molar-refractivity contribution < 1.29 is 32.2 Å². The minimum Gasteiger partial charge on any atom is -0.493 e. The highest BCUT2D eigenvalue weighted by molar-refractivity contribution is 5.98. The lowest BCUT2D eigenvalue weighted by Crippen LogP contribution is -2.49. The number of para-hydroxylation sites is 1. The van der Waals surface area contributed by atoms with Gasteiger partial charge in [-0.2, -0.15) is 13.2 Å². The topological polar surface area (TPSA) is 72.9 Å². The number of alkyl halides is 3. The van der Waals surface area contributed by atoms with Gasteiger partial charge < -0.3 is 19.5 Å². The van der Waals surface area contributed by atoms with E-state index in [0.29, 0.717) is 53.6 Å². The van der Waals surface area contributed by atoms with E-state index in [0.717, 1.165) is 38.1 Å². The molecule has 1 N–H and O–H groups in total. The molecule has 0 unspecified atom stereocenters. The zero-order valence-corrected chi connectivity index (χ0v) is 23.1. The number of likely N-dealkylation sites (tertiary alicyclic amines) is 1. The second-order valence-corrected chi connectivity index (χ2v) is 10.2. The predicted octanol–water partition coefficient (Wildman–Crippen LogP) is 5.85. The van der Waals surface area contributed by atoms with E-state index in [1.165, 1.54) is 6.07 Å². The van der Waals surface area contributed by atoms with Crippen LogP contribution in [0.15, 0.2) is 48.5 Å². The lowest BCUT2D eigenvalue weighted by Gasteiger charge is -2.35. The van der Waals surface area contributed by atoms with Crippen LogP contribution in [0.2, 0.25) is 0 Å². The average molecular weight is 560 g/mol. The fraction of sp³-hybridized carbons (Fsp3) is 0.467. The predicted molar refractivity (Wildman–Crippen MR) is 147 cm³/mol. The number of pyridine rings is 1. The number of carbonyl (C=O) groups is 1. The third-order valence-corrected chi connectivity index (χ3v) is 6.91. The molecule has 0 radical (unpaired) electrons. The molecular weight excluding hydrogens is 523 g/mol. The Morgan fingerprint density at radius 2 is 1.90 bits per heavy atom. The summed E-state index contributed by atoms with van der Waals surface area (Å²) in [6.07, 6.45) is -1.91. The Morgan fingerprint density at radius 1 is 1.10 bits per heavy atom. The summed E-state index contributed by atoms with van der Waals surface area (Å²) in [6.45, 7) is 6.85. The Balaban J connectivity index is 1.61. The number of methoxy groups -OCH3 is 1. The highest BCUT2D eigenvalue weighted by atomic mass is 19.4. The van der Waals surface area contributed by atoms with Crippen LogP contribution in [0.3, 0.4) is 0 Å². The van der Waals surface area contributed by atoms with E-state index in [-0.39, 0.29) is 24.2 Å². The number of rotatable bonds is 11. The van der Waals surface area contributed by atoms with Crippen molar-refractivity contribution in [2.45, 2.75) is 58.0 Å². The fourth-order valence-corrected chi connectivity index (χ4v) is 4.78. The van der Waals surface area contributed by atoms with Crippen molar-refractivity contribution in [3.63, 3.8) is 0 Å². The number of piperidine rings is 1. The summed E-state index contributed by atoms with van der Waals surface area (Å²) in [7, 11) is 1.62. The van der Waals surface area contributed by atoms with Gasteiger partial charge in [0, 0.05) is 50.2 Å². The summed E-state index contributed by atoms with van der Waals surface area (Å²) < 4.78 is 56.6. The molecule has 10 heteroatoms. The molecular formula is C30H36F3N3O4. The third-order valence-electron chi connectivity index (χ3n) is 6.91. The lowest BCUT2D eigenvalue weighted by molar-refractivity contribution is -0.137. The highest BCUT2D eigenvalue weighted by Crippen LogP contribution is 2.33. The van der Waals surface area contributed by atoms with Crippen molar-refractivity contribution in [2.24, 2.45) is 0 Å². The molecule has 3 aromatic rings. The van der Waals surface area contributed by atoms with Gasteiger partial charge in [-0.3, -0.25) is 9.69 Å². The summed E-state index contributed by atoms with van der Waals surface area (Å²) in [6, 6.07) is 12.3. The molecule has 0 bridgehead atoms. The summed E-state index contributed by atoms with van der Waals surface area (Å²) in [5, 5.41) is 3.76. The van der Waals surface area contributed by atoms with Crippen molar-refractivity contribution in [3.8, 4) is 11.5 Å². The highest BCUT2D eigenvalue weighted by Gasteiger charge is 2.30. The van der Waals surface area contributed by atoms with E-state index < -0.39 is 11.7 Å². The second-order valence-electron chi connectivity index (χ2n) is 10.2. The van der Waals surface area contributed by atoms with Gasteiger partial charge in [-0.25, -0.2) is 4.98 Å². The molecule has 40 heavy (non-hydrogen) atoms. The van der Waals surface area contributed by atoms with Crippen LogP contribution in [0.25, 0.3) is 10.9 Å². The minimum atomic E-state index is -4.45. The molecule has 0 spiro atoms. The summed E-state index contributed by atoms with van der Waals surface area (Å²) in [5.74, 6) is 0.505. The van der Waals surface area contributed by atoms with Crippen molar-refractivity contribution in [2.75, 3.05) is 33.4 Å². The van der Waals surface area contributed by atoms with Crippen LogP contribution in [0.4, 0.5) is 13.2 Å². The number of amides is 1. The van der Waals surface area contributed by atoms with E-state index in [1.807, 2.05) is 6.07 Å². The summed E-state index contributed by atoms with van der Waals surface area (Å²) in [4.78, 5) is 20.3. The zero-order valence-electron chi connectivity index (χ0n) is 23.1. The fourth-order valence-electron chi connectivity index (χ4n) is 4.78. The first kappa shape index (κ1) is 29.6. The maximum Gasteiger partial charge on any atom is 0.416 e. The molecule has 1 saturated heterocycles. The second kappa shape index (κ2) is 13.3. The molecule has 1 aliphatic rings. The maximum atomic E-state index is 13.4. The van der Waals surface area contributed by atoms with Gasteiger partial charge in [-0.15, -0.1) is 0 Å². The number of nitrogens with zero attached hydrogens (tertiary/aromatic N) is 2. The normalized spacial score (nSPS) is 16.3. The van der Waals surface area contributed by atoms with Crippen LogP contribution in [0, 0.1) is 0 Å².